The van der Waals surface area contributed by atoms with Gasteiger partial charge in [0, 0.05) is 29.8 Å². The van der Waals surface area contributed by atoms with Gasteiger partial charge < -0.3 is 9.84 Å². The van der Waals surface area contributed by atoms with Crippen LogP contribution < -0.4 is 10.6 Å². The van der Waals surface area contributed by atoms with Crippen molar-refractivity contribution in [1.82, 2.24) is 15.1 Å². The third-order valence-electron chi connectivity index (χ3n) is 3.12. The molecule has 3 aromatic rings. The van der Waals surface area contributed by atoms with Gasteiger partial charge in [0.1, 0.15) is 0 Å². The molecule has 2 N–H and O–H groups in total. The number of carbonyl (C=O) groups excluding carboxylic acids is 2. The van der Waals surface area contributed by atoms with Crippen LogP contribution in [0.15, 0.2) is 40.4 Å². The van der Waals surface area contributed by atoms with E-state index in [0.29, 0.717) is 33.9 Å². The van der Waals surface area contributed by atoms with Crippen molar-refractivity contribution in [3.63, 3.8) is 0 Å². The Morgan fingerprint density at radius 2 is 2.04 bits per heavy atom. The van der Waals surface area contributed by atoms with Crippen molar-refractivity contribution in [1.29, 1.82) is 0 Å². The van der Waals surface area contributed by atoms with Crippen LogP contribution in [-0.2, 0) is 10.5 Å². The van der Waals surface area contributed by atoms with E-state index in [-0.39, 0.29) is 17.6 Å². The molecule has 8 nitrogen and oxygen atoms in total. The second-order valence-electron chi connectivity index (χ2n) is 5.14. The van der Waals surface area contributed by atoms with E-state index in [1.54, 1.807) is 42.8 Å². The highest BCUT2D eigenvalue weighted by Crippen LogP contribution is 2.15. The van der Waals surface area contributed by atoms with Gasteiger partial charge in [-0.2, -0.15) is 4.98 Å². The lowest BCUT2D eigenvalue weighted by atomic mass is 10.2. The van der Waals surface area contributed by atoms with Gasteiger partial charge in [-0.3, -0.25) is 14.9 Å². The molecule has 3 rings (SSSR count). The number of hydrogen-bond acceptors (Lipinski definition) is 8. The molecular weight excluding hydrogens is 374 g/mol. The minimum Gasteiger partial charge on any atom is -0.340 e. The Bertz CT molecular complexity index is 878. The molecule has 0 radical (unpaired) electrons. The minimum absolute atomic E-state index is 0.143. The first-order valence-corrected chi connectivity index (χ1v) is 9.61. The highest BCUT2D eigenvalue weighted by Gasteiger charge is 2.09. The number of rotatable bonds is 7. The summed E-state index contributed by atoms with van der Waals surface area (Å²) in [4.78, 5) is 32.1. The molecule has 0 unspecified atom stereocenters. The van der Waals surface area contributed by atoms with Gasteiger partial charge in [0.15, 0.2) is 11.0 Å². The Hall–Kier alpha value is -2.72. The summed E-state index contributed by atoms with van der Waals surface area (Å²) in [5.41, 5.74) is 1.11. The summed E-state index contributed by atoms with van der Waals surface area (Å²) in [5.74, 6) is 1.44. The summed E-state index contributed by atoms with van der Waals surface area (Å²) < 4.78 is 4.87. The summed E-state index contributed by atoms with van der Waals surface area (Å²) in [6.07, 6.45) is 1.62. The number of anilines is 2. The third-order valence-corrected chi connectivity index (χ3v) is 4.73. The number of thiazole rings is 1. The van der Waals surface area contributed by atoms with Gasteiger partial charge in [0.25, 0.3) is 5.91 Å². The molecule has 2 amide bonds. The van der Waals surface area contributed by atoms with Crippen LogP contribution in [0.1, 0.15) is 22.1 Å². The maximum absolute atomic E-state index is 12.1. The molecule has 0 atom stereocenters. The Balaban J connectivity index is 1.45. The molecule has 0 aliphatic carbocycles. The minimum atomic E-state index is -0.246. The van der Waals surface area contributed by atoms with Crippen molar-refractivity contribution in [2.45, 2.75) is 12.7 Å². The van der Waals surface area contributed by atoms with Crippen LogP contribution in [0, 0.1) is 6.92 Å². The van der Waals surface area contributed by atoms with Crippen LogP contribution in [0.25, 0.3) is 0 Å². The van der Waals surface area contributed by atoms with Crippen LogP contribution in [-0.4, -0.2) is 32.7 Å². The SMILES string of the molecule is Cc1nc(CSCC(=O)Nc2ccc(C(=O)Nc3nccs3)cc2)no1. The first kappa shape index (κ1) is 18.1. The normalized spacial score (nSPS) is 10.5. The van der Waals surface area contributed by atoms with Gasteiger partial charge >= 0.3 is 0 Å². The van der Waals surface area contributed by atoms with E-state index in [4.69, 9.17) is 4.52 Å². The van der Waals surface area contributed by atoms with Crippen LogP contribution in [0.4, 0.5) is 10.8 Å². The van der Waals surface area contributed by atoms with E-state index in [1.165, 1.54) is 23.1 Å². The maximum Gasteiger partial charge on any atom is 0.257 e. The fourth-order valence-electron chi connectivity index (χ4n) is 1.99. The maximum atomic E-state index is 12.1. The van der Waals surface area contributed by atoms with Crippen LogP contribution >= 0.6 is 23.1 Å². The summed E-state index contributed by atoms with van der Waals surface area (Å²) in [7, 11) is 0. The molecule has 134 valence electrons. The van der Waals surface area contributed by atoms with E-state index in [1.807, 2.05) is 0 Å². The van der Waals surface area contributed by atoms with Crippen LogP contribution in [0.2, 0.25) is 0 Å². The Morgan fingerprint density at radius 3 is 2.69 bits per heavy atom. The molecule has 1 aromatic carbocycles. The Kier molecular flexibility index (Phi) is 5.97. The van der Waals surface area contributed by atoms with Gasteiger partial charge in [-0.05, 0) is 24.3 Å². The fourth-order valence-corrected chi connectivity index (χ4v) is 3.17. The van der Waals surface area contributed by atoms with Gasteiger partial charge in [-0.15, -0.1) is 23.1 Å². The molecule has 26 heavy (non-hydrogen) atoms. The van der Waals surface area contributed by atoms with Crippen molar-refractivity contribution in [3.8, 4) is 0 Å². The number of amides is 2. The van der Waals surface area contributed by atoms with E-state index >= 15 is 0 Å². The Morgan fingerprint density at radius 1 is 1.23 bits per heavy atom. The molecule has 2 heterocycles. The second kappa shape index (κ2) is 8.59. The number of thioether (sulfide) groups is 1. The lowest BCUT2D eigenvalue weighted by Gasteiger charge is -2.06. The molecule has 0 saturated heterocycles. The van der Waals surface area contributed by atoms with Gasteiger partial charge in [0.2, 0.25) is 11.8 Å². The zero-order valence-electron chi connectivity index (χ0n) is 13.8. The fraction of sp³-hybridized carbons (Fsp3) is 0.188. The van der Waals surface area contributed by atoms with E-state index in [9.17, 15) is 9.59 Å². The predicted molar refractivity (Wildman–Crippen MR) is 100 cm³/mol. The molecule has 2 aromatic heterocycles. The van der Waals surface area contributed by atoms with Crippen LogP contribution in [0.5, 0.6) is 0 Å². The van der Waals surface area contributed by atoms with E-state index in [0.717, 1.165) is 0 Å². The lowest BCUT2D eigenvalue weighted by Crippen LogP contribution is -2.15. The largest absolute Gasteiger partial charge is 0.340 e. The zero-order valence-corrected chi connectivity index (χ0v) is 15.4. The number of benzene rings is 1. The van der Waals surface area contributed by atoms with E-state index < -0.39 is 0 Å². The number of aromatic nitrogens is 3. The van der Waals surface area contributed by atoms with Gasteiger partial charge in [-0.1, -0.05) is 5.16 Å². The average molecular weight is 389 g/mol. The molecule has 0 bridgehead atoms. The number of carbonyl (C=O) groups is 2. The Labute approximate surface area is 157 Å². The lowest BCUT2D eigenvalue weighted by molar-refractivity contribution is -0.113. The summed E-state index contributed by atoms with van der Waals surface area (Å²) in [6.45, 7) is 1.72. The monoisotopic (exact) mass is 389 g/mol. The average Bonchev–Trinajstić information content (AvgIpc) is 3.27. The number of aryl methyl sites for hydroxylation is 1. The highest BCUT2D eigenvalue weighted by molar-refractivity contribution is 7.99. The van der Waals surface area contributed by atoms with Gasteiger partial charge in [-0.25, -0.2) is 4.98 Å². The topological polar surface area (TPSA) is 110 Å². The molecule has 0 fully saturated rings. The van der Waals surface area contributed by atoms with Crippen molar-refractivity contribution in [3.05, 3.63) is 53.1 Å². The number of nitrogens with zero attached hydrogens (tertiary/aromatic N) is 3. The highest BCUT2D eigenvalue weighted by atomic mass is 32.2. The molecule has 0 saturated carbocycles. The summed E-state index contributed by atoms with van der Waals surface area (Å²) in [5, 5.41) is 11.6. The number of hydrogen-bond donors (Lipinski definition) is 2. The third kappa shape index (κ3) is 5.14. The van der Waals surface area contributed by atoms with E-state index in [2.05, 4.69) is 25.8 Å². The first-order valence-electron chi connectivity index (χ1n) is 7.58. The molecule has 10 heteroatoms. The van der Waals surface area contributed by atoms with Crippen molar-refractivity contribution in [2.75, 3.05) is 16.4 Å². The first-order chi connectivity index (χ1) is 12.6. The second-order valence-corrected chi connectivity index (χ2v) is 7.02. The van der Waals surface area contributed by atoms with Crippen LogP contribution in [0.3, 0.4) is 0 Å². The smallest absolute Gasteiger partial charge is 0.257 e. The molecule has 0 spiro atoms. The quantitative estimate of drug-likeness (QED) is 0.639. The molecular formula is C16H15N5O3S2. The van der Waals surface area contributed by atoms with Gasteiger partial charge in [0.05, 0.1) is 11.5 Å². The standard InChI is InChI=1S/C16H15N5O3S2/c1-10-18-13(21-24-10)8-25-9-14(22)19-12-4-2-11(3-5-12)15(23)20-16-17-6-7-26-16/h2-7H,8-9H2,1H3,(H,19,22)(H,17,20,23). The zero-order chi connectivity index (χ0) is 18.4. The van der Waals surface area contributed by atoms with Crippen molar-refractivity contribution in [2.24, 2.45) is 0 Å². The molecule has 0 aliphatic heterocycles. The van der Waals surface area contributed by atoms with Crippen molar-refractivity contribution < 1.29 is 14.1 Å². The number of nitrogens with one attached hydrogen (secondary N) is 2. The predicted octanol–water partition coefficient (Wildman–Crippen LogP) is 2.96. The summed E-state index contributed by atoms with van der Waals surface area (Å²) in [6, 6.07) is 6.66. The molecule has 0 aliphatic rings. The van der Waals surface area contributed by atoms with Crippen molar-refractivity contribution >= 4 is 45.7 Å². The summed E-state index contributed by atoms with van der Waals surface area (Å²) >= 11 is 2.74.